The molecule has 0 saturated carbocycles. The summed E-state index contributed by atoms with van der Waals surface area (Å²) in [6, 6.07) is 10.6. The van der Waals surface area contributed by atoms with Crippen LogP contribution in [0.5, 0.6) is 0 Å². The first-order valence-electron chi connectivity index (χ1n) is 8.47. The Hall–Kier alpha value is -1.27. The molecule has 0 nitrogen and oxygen atoms in total. The summed E-state index contributed by atoms with van der Waals surface area (Å²) in [5.74, 6) is 1.23. The summed E-state index contributed by atoms with van der Waals surface area (Å²) in [5.41, 5.74) is 8.42. The van der Waals surface area contributed by atoms with Crippen molar-refractivity contribution in [3.63, 3.8) is 0 Å². The molecular formula is C22H31Cl. The van der Waals surface area contributed by atoms with Crippen LogP contribution in [0.4, 0.5) is 0 Å². The molecule has 0 fully saturated rings. The molecule has 2 aromatic carbocycles. The van der Waals surface area contributed by atoms with E-state index in [1.54, 1.807) is 0 Å². The second-order valence-corrected chi connectivity index (χ2v) is 7.56. The Morgan fingerprint density at radius 1 is 0.696 bits per heavy atom. The van der Waals surface area contributed by atoms with Gasteiger partial charge in [-0.25, -0.2) is 0 Å². The summed E-state index contributed by atoms with van der Waals surface area (Å²) < 4.78 is 0. The molecule has 0 bridgehead atoms. The second-order valence-electron chi connectivity index (χ2n) is 7.12. The molecule has 126 valence electrons. The lowest BCUT2D eigenvalue weighted by Gasteiger charge is -2.14. The molecule has 1 heteroatoms. The molecule has 0 unspecified atom stereocenters. The van der Waals surface area contributed by atoms with Gasteiger partial charge < -0.3 is 0 Å². The maximum atomic E-state index is 5.82. The third-order valence-electron chi connectivity index (χ3n) is 4.17. The van der Waals surface area contributed by atoms with Crippen molar-refractivity contribution < 1.29 is 0 Å². The Bertz CT molecular complexity index is 628. The smallest absolute Gasteiger partial charge is 0.0408 e. The van der Waals surface area contributed by atoms with Gasteiger partial charge in [0.1, 0.15) is 0 Å². The average Bonchev–Trinajstić information content (AvgIpc) is 2.36. The minimum absolute atomic E-state index is 0.590. The molecule has 0 radical (unpaired) electrons. The van der Waals surface area contributed by atoms with Crippen LogP contribution in [0.25, 0.3) is 0 Å². The quantitative estimate of drug-likeness (QED) is 0.534. The van der Waals surface area contributed by atoms with Crippen LogP contribution in [0.15, 0.2) is 30.3 Å². The minimum atomic E-state index is 0.590. The van der Waals surface area contributed by atoms with Crippen LogP contribution in [0.1, 0.15) is 72.9 Å². The van der Waals surface area contributed by atoms with E-state index in [4.69, 9.17) is 11.6 Å². The van der Waals surface area contributed by atoms with Crippen molar-refractivity contribution in [1.82, 2.24) is 0 Å². The SMILES string of the molecule is Cc1cc(C)c(C(C)C)c(C)c1.Cc1cc(Cl)ccc1C(C)C. The van der Waals surface area contributed by atoms with E-state index in [1.165, 1.54) is 33.4 Å². The Morgan fingerprint density at radius 3 is 1.61 bits per heavy atom. The molecule has 23 heavy (non-hydrogen) atoms. The number of halogens is 1. The predicted molar refractivity (Wildman–Crippen MR) is 105 cm³/mol. The largest absolute Gasteiger partial charge is 0.0843 e. The summed E-state index contributed by atoms with van der Waals surface area (Å²) >= 11 is 5.82. The number of rotatable bonds is 2. The lowest BCUT2D eigenvalue weighted by molar-refractivity contribution is 0.845. The fourth-order valence-corrected chi connectivity index (χ4v) is 3.62. The first-order chi connectivity index (χ1) is 10.6. The molecule has 0 heterocycles. The van der Waals surface area contributed by atoms with Gasteiger partial charge in [-0.15, -0.1) is 0 Å². The highest BCUT2D eigenvalue weighted by Crippen LogP contribution is 2.24. The molecule has 0 atom stereocenters. The monoisotopic (exact) mass is 330 g/mol. The molecule has 0 aliphatic heterocycles. The first-order valence-corrected chi connectivity index (χ1v) is 8.85. The zero-order valence-corrected chi connectivity index (χ0v) is 16.7. The van der Waals surface area contributed by atoms with Crippen molar-refractivity contribution in [3.8, 4) is 0 Å². The lowest BCUT2D eigenvalue weighted by Crippen LogP contribution is -1.96. The normalized spacial score (nSPS) is 10.7. The number of aryl methyl sites for hydroxylation is 4. The van der Waals surface area contributed by atoms with Gasteiger partial charge in [-0.1, -0.05) is 63.1 Å². The van der Waals surface area contributed by atoms with Crippen molar-refractivity contribution in [1.29, 1.82) is 0 Å². The van der Waals surface area contributed by atoms with Crippen LogP contribution in [-0.4, -0.2) is 0 Å². The Labute approximate surface area is 147 Å². The lowest BCUT2D eigenvalue weighted by atomic mass is 9.92. The topological polar surface area (TPSA) is 0 Å². The first kappa shape index (κ1) is 19.8. The van der Waals surface area contributed by atoms with E-state index >= 15 is 0 Å². The van der Waals surface area contributed by atoms with Crippen molar-refractivity contribution in [2.45, 2.75) is 67.2 Å². The van der Waals surface area contributed by atoms with Gasteiger partial charge in [0.2, 0.25) is 0 Å². The van der Waals surface area contributed by atoms with Crippen molar-refractivity contribution in [2.24, 2.45) is 0 Å². The van der Waals surface area contributed by atoms with Crippen LogP contribution in [-0.2, 0) is 0 Å². The van der Waals surface area contributed by atoms with Crippen molar-refractivity contribution >= 4 is 11.6 Å². The van der Waals surface area contributed by atoms with E-state index in [0.29, 0.717) is 11.8 Å². The van der Waals surface area contributed by atoms with E-state index < -0.39 is 0 Å². The molecule has 0 amide bonds. The highest BCUT2D eigenvalue weighted by molar-refractivity contribution is 6.30. The third kappa shape index (κ3) is 5.70. The molecule has 2 aromatic rings. The average molecular weight is 331 g/mol. The number of benzene rings is 2. The fraction of sp³-hybridized carbons (Fsp3) is 0.455. The Morgan fingerprint density at radius 2 is 1.22 bits per heavy atom. The van der Waals surface area contributed by atoms with E-state index in [0.717, 1.165) is 5.02 Å². The fourth-order valence-electron chi connectivity index (χ4n) is 3.39. The van der Waals surface area contributed by atoms with Gasteiger partial charge in [0.25, 0.3) is 0 Å². The zero-order valence-electron chi connectivity index (χ0n) is 15.9. The van der Waals surface area contributed by atoms with Crippen molar-refractivity contribution in [3.05, 3.63) is 68.7 Å². The summed E-state index contributed by atoms with van der Waals surface area (Å²) in [6.07, 6.45) is 0. The summed E-state index contributed by atoms with van der Waals surface area (Å²) in [4.78, 5) is 0. The molecule has 0 N–H and O–H groups in total. The van der Waals surface area contributed by atoms with E-state index in [9.17, 15) is 0 Å². The van der Waals surface area contributed by atoms with E-state index in [1.807, 2.05) is 12.1 Å². The molecule has 0 saturated heterocycles. The summed E-state index contributed by atoms with van der Waals surface area (Å²) in [6.45, 7) is 17.6. The molecular weight excluding hydrogens is 300 g/mol. The van der Waals surface area contributed by atoms with Gasteiger partial charge in [0.05, 0.1) is 0 Å². The molecule has 0 aliphatic carbocycles. The van der Waals surface area contributed by atoms with E-state index in [2.05, 4.69) is 73.6 Å². The number of hydrogen-bond acceptors (Lipinski definition) is 0. The van der Waals surface area contributed by atoms with E-state index in [-0.39, 0.29) is 0 Å². The number of hydrogen-bond donors (Lipinski definition) is 0. The van der Waals surface area contributed by atoms with Gasteiger partial charge in [0, 0.05) is 5.02 Å². The Kier molecular flexibility index (Phi) is 7.35. The van der Waals surface area contributed by atoms with Crippen LogP contribution in [0.3, 0.4) is 0 Å². The highest BCUT2D eigenvalue weighted by Gasteiger charge is 2.06. The molecule has 0 spiro atoms. The predicted octanol–water partition coefficient (Wildman–Crippen LogP) is 7.51. The van der Waals surface area contributed by atoms with Gasteiger partial charge >= 0.3 is 0 Å². The zero-order chi connectivity index (χ0) is 17.7. The summed E-state index contributed by atoms with van der Waals surface area (Å²) in [7, 11) is 0. The molecule has 0 aromatic heterocycles. The minimum Gasteiger partial charge on any atom is -0.0843 e. The van der Waals surface area contributed by atoms with Gasteiger partial charge in [0.15, 0.2) is 0 Å². The highest BCUT2D eigenvalue weighted by atomic mass is 35.5. The molecule has 0 aliphatic rings. The third-order valence-corrected chi connectivity index (χ3v) is 4.40. The molecule has 2 rings (SSSR count). The van der Waals surface area contributed by atoms with Gasteiger partial charge in [-0.3, -0.25) is 0 Å². The van der Waals surface area contributed by atoms with Crippen LogP contribution in [0.2, 0.25) is 5.02 Å². The maximum Gasteiger partial charge on any atom is 0.0408 e. The maximum absolute atomic E-state index is 5.82. The standard InChI is InChI=1S/C12H18.C10H13Cl/c1-8(2)12-10(4)6-9(3)7-11(12)5;1-7(2)10-5-4-9(11)6-8(10)3/h6-8H,1-5H3;4-7H,1-3H3. The Balaban J connectivity index is 0.000000231. The van der Waals surface area contributed by atoms with Gasteiger partial charge in [-0.05, 0) is 79.5 Å². The van der Waals surface area contributed by atoms with Crippen LogP contribution in [0, 0.1) is 27.7 Å². The van der Waals surface area contributed by atoms with Crippen LogP contribution >= 0.6 is 11.6 Å². The van der Waals surface area contributed by atoms with Crippen molar-refractivity contribution in [2.75, 3.05) is 0 Å². The van der Waals surface area contributed by atoms with Crippen LogP contribution < -0.4 is 0 Å². The summed E-state index contributed by atoms with van der Waals surface area (Å²) in [5, 5.41) is 0.826. The second kappa shape index (κ2) is 8.55. The van der Waals surface area contributed by atoms with Gasteiger partial charge in [-0.2, -0.15) is 0 Å².